The zero-order chi connectivity index (χ0) is 14.3. The van der Waals surface area contributed by atoms with Crippen molar-refractivity contribution >= 4 is 0 Å². The van der Waals surface area contributed by atoms with E-state index in [4.69, 9.17) is 19.9 Å². The first-order chi connectivity index (χ1) is 9.21. The number of rotatable bonds is 8. The predicted molar refractivity (Wildman–Crippen MR) is 76.2 cm³/mol. The molecule has 1 rings (SSSR count). The molecule has 1 aromatic rings. The SMILES string of the molecule is CNC(CCCN)c1cc(OC)c(OC)cc1OC. The zero-order valence-electron chi connectivity index (χ0n) is 12.2. The lowest BCUT2D eigenvalue weighted by Gasteiger charge is -2.21. The number of nitrogens with two attached hydrogens (primary N) is 1. The first-order valence-electron chi connectivity index (χ1n) is 6.39. The van der Waals surface area contributed by atoms with Gasteiger partial charge in [0.25, 0.3) is 0 Å². The Hall–Kier alpha value is -1.46. The minimum atomic E-state index is 0.179. The number of methoxy groups -OCH3 is 3. The van der Waals surface area contributed by atoms with Crippen LogP contribution in [0.15, 0.2) is 12.1 Å². The summed E-state index contributed by atoms with van der Waals surface area (Å²) in [6.45, 7) is 0.674. The molecule has 1 atom stereocenters. The second-order valence-corrected chi connectivity index (χ2v) is 4.22. The van der Waals surface area contributed by atoms with Gasteiger partial charge < -0.3 is 25.3 Å². The van der Waals surface area contributed by atoms with E-state index in [1.54, 1.807) is 21.3 Å². The lowest BCUT2D eigenvalue weighted by Crippen LogP contribution is -2.18. The minimum absolute atomic E-state index is 0.179. The van der Waals surface area contributed by atoms with Crippen molar-refractivity contribution in [2.24, 2.45) is 5.73 Å². The second-order valence-electron chi connectivity index (χ2n) is 4.22. The molecule has 0 amide bonds. The van der Waals surface area contributed by atoms with Crippen LogP contribution < -0.4 is 25.3 Å². The van der Waals surface area contributed by atoms with E-state index in [0.29, 0.717) is 18.0 Å². The van der Waals surface area contributed by atoms with Crippen LogP contribution in [0, 0.1) is 0 Å². The summed E-state index contributed by atoms with van der Waals surface area (Å²) in [5, 5.41) is 3.28. The molecule has 1 aromatic carbocycles. The fourth-order valence-electron chi connectivity index (χ4n) is 2.10. The molecule has 0 saturated heterocycles. The summed E-state index contributed by atoms with van der Waals surface area (Å²) in [6, 6.07) is 3.98. The largest absolute Gasteiger partial charge is 0.496 e. The molecule has 0 saturated carbocycles. The summed E-state index contributed by atoms with van der Waals surface area (Å²) in [6.07, 6.45) is 1.89. The van der Waals surface area contributed by atoms with Gasteiger partial charge in [0.1, 0.15) is 5.75 Å². The van der Waals surface area contributed by atoms with E-state index < -0.39 is 0 Å². The number of hydrogen-bond acceptors (Lipinski definition) is 5. The van der Waals surface area contributed by atoms with E-state index in [0.717, 1.165) is 24.2 Å². The van der Waals surface area contributed by atoms with E-state index in [9.17, 15) is 0 Å². The molecule has 0 fully saturated rings. The highest BCUT2D eigenvalue weighted by Gasteiger charge is 2.18. The Bertz CT molecular complexity index is 397. The van der Waals surface area contributed by atoms with Crippen LogP contribution >= 0.6 is 0 Å². The van der Waals surface area contributed by atoms with Crippen molar-refractivity contribution in [3.63, 3.8) is 0 Å². The van der Waals surface area contributed by atoms with Gasteiger partial charge in [-0.1, -0.05) is 0 Å². The van der Waals surface area contributed by atoms with Crippen LogP contribution in [0.4, 0.5) is 0 Å². The lowest BCUT2D eigenvalue weighted by atomic mass is 10.00. The lowest BCUT2D eigenvalue weighted by molar-refractivity contribution is 0.344. The summed E-state index contributed by atoms with van der Waals surface area (Å²) in [7, 11) is 6.82. The summed E-state index contributed by atoms with van der Waals surface area (Å²) in [5.74, 6) is 2.15. The van der Waals surface area contributed by atoms with Gasteiger partial charge in [0.2, 0.25) is 0 Å². The third-order valence-electron chi connectivity index (χ3n) is 3.16. The maximum atomic E-state index is 5.58. The minimum Gasteiger partial charge on any atom is -0.496 e. The normalized spacial score (nSPS) is 12.1. The summed E-state index contributed by atoms with van der Waals surface area (Å²) >= 11 is 0. The van der Waals surface area contributed by atoms with Crippen LogP contribution in [0.1, 0.15) is 24.4 Å². The smallest absolute Gasteiger partial charge is 0.164 e. The Morgan fingerprint density at radius 3 is 2.11 bits per heavy atom. The van der Waals surface area contributed by atoms with Gasteiger partial charge in [-0.05, 0) is 32.5 Å². The van der Waals surface area contributed by atoms with E-state index >= 15 is 0 Å². The molecule has 0 heterocycles. The highest BCUT2D eigenvalue weighted by atomic mass is 16.5. The van der Waals surface area contributed by atoms with Gasteiger partial charge in [-0.25, -0.2) is 0 Å². The second kappa shape index (κ2) is 7.86. The van der Waals surface area contributed by atoms with Crippen molar-refractivity contribution in [3.05, 3.63) is 17.7 Å². The van der Waals surface area contributed by atoms with Crippen molar-refractivity contribution in [2.45, 2.75) is 18.9 Å². The van der Waals surface area contributed by atoms with Crippen molar-refractivity contribution in [1.29, 1.82) is 0 Å². The van der Waals surface area contributed by atoms with Crippen molar-refractivity contribution < 1.29 is 14.2 Å². The molecular formula is C14H24N2O3. The average Bonchev–Trinajstić information content (AvgIpc) is 2.47. The van der Waals surface area contributed by atoms with Gasteiger partial charge in [0.15, 0.2) is 11.5 Å². The fourth-order valence-corrected chi connectivity index (χ4v) is 2.10. The van der Waals surface area contributed by atoms with Gasteiger partial charge >= 0.3 is 0 Å². The molecule has 0 aliphatic rings. The number of hydrogen-bond donors (Lipinski definition) is 2. The molecule has 0 radical (unpaired) electrons. The fraction of sp³-hybridized carbons (Fsp3) is 0.571. The average molecular weight is 268 g/mol. The van der Waals surface area contributed by atoms with Crippen LogP contribution in [0.5, 0.6) is 17.2 Å². The summed E-state index contributed by atoms with van der Waals surface area (Å²) in [5.41, 5.74) is 6.63. The third-order valence-corrected chi connectivity index (χ3v) is 3.16. The Morgan fingerprint density at radius 1 is 1.05 bits per heavy atom. The quantitative estimate of drug-likeness (QED) is 0.751. The van der Waals surface area contributed by atoms with Crippen LogP contribution in [0.3, 0.4) is 0 Å². The molecule has 0 bridgehead atoms. The third kappa shape index (κ3) is 3.75. The van der Waals surface area contributed by atoms with Crippen LogP contribution in [-0.2, 0) is 0 Å². The Kier molecular flexibility index (Phi) is 6.45. The summed E-state index contributed by atoms with van der Waals surface area (Å²) in [4.78, 5) is 0. The summed E-state index contributed by atoms with van der Waals surface area (Å²) < 4.78 is 16.1. The first-order valence-corrected chi connectivity index (χ1v) is 6.39. The van der Waals surface area contributed by atoms with E-state index in [2.05, 4.69) is 5.32 Å². The topological polar surface area (TPSA) is 65.7 Å². The molecule has 108 valence electrons. The van der Waals surface area contributed by atoms with E-state index in [1.165, 1.54) is 0 Å². The van der Waals surface area contributed by atoms with Crippen LogP contribution in [-0.4, -0.2) is 34.9 Å². The van der Waals surface area contributed by atoms with Gasteiger partial charge in [-0.2, -0.15) is 0 Å². The predicted octanol–water partition coefficient (Wildman–Crippen LogP) is 1.71. The van der Waals surface area contributed by atoms with E-state index in [-0.39, 0.29) is 6.04 Å². The monoisotopic (exact) mass is 268 g/mol. The molecular weight excluding hydrogens is 244 g/mol. The maximum absolute atomic E-state index is 5.58. The highest BCUT2D eigenvalue weighted by Crippen LogP contribution is 2.38. The molecule has 0 aromatic heterocycles. The van der Waals surface area contributed by atoms with Crippen LogP contribution in [0.25, 0.3) is 0 Å². The Morgan fingerprint density at radius 2 is 1.63 bits per heavy atom. The molecule has 0 spiro atoms. The number of nitrogens with one attached hydrogen (secondary N) is 1. The van der Waals surface area contributed by atoms with Gasteiger partial charge in [-0.15, -0.1) is 0 Å². The van der Waals surface area contributed by atoms with E-state index in [1.807, 2.05) is 19.2 Å². The number of benzene rings is 1. The molecule has 19 heavy (non-hydrogen) atoms. The molecule has 0 aliphatic carbocycles. The Balaban J connectivity index is 3.15. The van der Waals surface area contributed by atoms with Gasteiger partial charge in [0.05, 0.1) is 21.3 Å². The van der Waals surface area contributed by atoms with Crippen molar-refractivity contribution in [1.82, 2.24) is 5.32 Å². The van der Waals surface area contributed by atoms with Crippen molar-refractivity contribution in [2.75, 3.05) is 34.9 Å². The number of ether oxygens (including phenoxy) is 3. The molecule has 1 unspecified atom stereocenters. The molecule has 0 aliphatic heterocycles. The Labute approximate surface area is 115 Å². The van der Waals surface area contributed by atoms with Gasteiger partial charge in [0, 0.05) is 17.7 Å². The van der Waals surface area contributed by atoms with Gasteiger partial charge in [-0.3, -0.25) is 0 Å². The highest BCUT2D eigenvalue weighted by molar-refractivity contribution is 5.51. The standard InChI is InChI=1S/C14H24N2O3/c1-16-11(6-5-7-15)10-8-13(18-3)14(19-4)9-12(10)17-2/h8-9,11,16H,5-7,15H2,1-4H3. The zero-order valence-corrected chi connectivity index (χ0v) is 12.2. The maximum Gasteiger partial charge on any atom is 0.164 e. The molecule has 5 nitrogen and oxygen atoms in total. The van der Waals surface area contributed by atoms with Crippen LogP contribution in [0.2, 0.25) is 0 Å². The molecule has 5 heteroatoms. The van der Waals surface area contributed by atoms with Crippen molar-refractivity contribution in [3.8, 4) is 17.2 Å². The molecule has 3 N–H and O–H groups in total. The first kappa shape index (κ1) is 15.6.